The number of rotatable bonds is 5. The molecule has 3 rings (SSSR count). The lowest BCUT2D eigenvalue weighted by Gasteiger charge is -2.12. The number of aryl methyl sites for hydroxylation is 3. The molecule has 1 N–H and O–H groups in total. The smallest absolute Gasteiger partial charge is 0.306 e. The Morgan fingerprint density at radius 3 is 2.72 bits per heavy atom. The van der Waals surface area contributed by atoms with Gasteiger partial charge in [-0.3, -0.25) is 9.59 Å². The van der Waals surface area contributed by atoms with Crippen LogP contribution < -0.4 is 5.56 Å². The Labute approximate surface area is 149 Å². The van der Waals surface area contributed by atoms with E-state index in [9.17, 15) is 9.59 Å². The van der Waals surface area contributed by atoms with Crippen LogP contribution in [0.25, 0.3) is 10.2 Å². The van der Waals surface area contributed by atoms with Gasteiger partial charge in [-0.05, 0) is 38.3 Å². The summed E-state index contributed by atoms with van der Waals surface area (Å²) >= 11 is 1.48. The van der Waals surface area contributed by atoms with E-state index in [1.165, 1.54) is 11.3 Å². The average Bonchev–Trinajstić information content (AvgIpc) is 2.88. The van der Waals surface area contributed by atoms with Crippen molar-refractivity contribution in [3.63, 3.8) is 0 Å². The molecule has 0 amide bonds. The van der Waals surface area contributed by atoms with Crippen LogP contribution in [-0.2, 0) is 16.0 Å². The van der Waals surface area contributed by atoms with E-state index >= 15 is 0 Å². The lowest BCUT2D eigenvalue weighted by atomic mass is 10.1. The molecule has 0 fully saturated rings. The molecule has 1 atom stereocenters. The first-order valence-corrected chi connectivity index (χ1v) is 9.00. The van der Waals surface area contributed by atoms with Crippen molar-refractivity contribution in [2.45, 2.75) is 39.7 Å². The maximum atomic E-state index is 12.3. The minimum Gasteiger partial charge on any atom is -0.454 e. The van der Waals surface area contributed by atoms with Crippen LogP contribution in [0.3, 0.4) is 0 Å². The number of nitrogens with zero attached hydrogens (tertiary/aromatic N) is 1. The maximum absolute atomic E-state index is 12.3. The third-order valence-electron chi connectivity index (χ3n) is 4.21. The van der Waals surface area contributed by atoms with Crippen LogP contribution in [0.2, 0.25) is 0 Å². The topological polar surface area (TPSA) is 72.0 Å². The van der Waals surface area contributed by atoms with E-state index in [4.69, 9.17) is 4.74 Å². The van der Waals surface area contributed by atoms with Gasteiger partial charge >= 0.3 is 5.97 Å². The first-order valence-electron chi connectivity index (χ1n) is 8.19. The van der Waals surface area contributed by atoms with Gasteiger partial charge < -0.3 is 9.72 Å². The summed E-state index contributed by atoms with van der Waals surface area (Å²) in [6.07, 6.45) is 0.319. The van der Waals surface area contributed by atoms with Crippen molar-refractivity contribution in [3.8, 4) is 0 Å². The highest BCUT2D eigenvalue weighted by Crippen LogP contribution is 2.27. The lowest BCUT2D eigenvalue weighted by molar-refractivity contribution is -0.148. The van der Waals surface area contributed by atoms with E-state index < -0.39 is 6.10 Å². The number of nitrogens with one attached hydrogen (secondary N) is 1. The molecule has 0 radical (unpaired) electrons. The Morgan fingerprint density at radius 2 is 2.00 bits per heavy atom. The van der Waals surface area contributed by atoms with E-state index in [2.05, 4.69) is 9.97 Å². The molecule has 0 aliphatic heterocycles. The van der Waals surface area contributed by atoms with Gasteiger partial charge in [0.25, 0.3) is 5.56 Å². The van der Waals surface area contributed by atoms with Gasteiger partial charge in [0, 0.05) is 11.3 Å². The fourth-order valence-electron chi connectivity index (χ4n) is 2.67. The number of ether oxygens (including phenoxy) is 1. The van der Waals surface area contributed by atoms with Crippen molar-refractivity contribution in [2.75, 3.05) is 0 Å². The number of carbonyl (C=O) groups is 1. The third kappa shape index (κ3) is 3.79. The summed E-state index contributed by atoms with van der Waals surface area (Å²) < 4.78 is 5.43. The van der Waals surface area contributed by atoms with Crippen molar-refractivity contribution in [2.24, 2.45) is 0 Å². The van der Waals surface area contributed by atoms with Gasteiger partial charge in [0.05, 0.1) is 5.39 Å². The Kier molecular flexibility index (Phi) is 4.99. The van der Waals surface area contributed by atoms with E-state index in [1.807, 2.05) is 44.2 Å². The number of benzene rings is 1. The summed E-state index contributed by atoms with van der Waals surface area (Å²) in [6, 6.07) is 9.78. The first-order chi connectivity index (χ1) is 12.0. The van der Waals surface area contributed by atoms with Gasteiger partial charge in [-0.15, -0.1) is 11.3 Å². The van der Waals surface area contributed by atoms with Crippen LogP contribution >= 0.6 is 11.3 Å². The first kappa shape index (κ1) is 17.4. The fraction of sp³-hybridized carbons (Fsp3) is 0.316. The number of hydrogen-bond acceptors (Lipinski definition) is 5. The number of hydrogen-bond donors (Lipinski definition) is 1. The molecule has 2 heterocycles. The molecule has 0 unspecified atom stereocenters. The highest BCUT2D eigenvalue weighted by Gasteiger charge is 2.18. The molecule has 3 aromatic rings. The lowest BCUT2D eigenvalue weighted by Crippen LogP contribution is -2.17. The minimum absolute atomic E-state index is 0.186. The Morgan fingerprint density at radius 1 is 1.28 bits per heavy atom. The zero-order valence-electron chi connectivity index (χ0n) is 14.5. The van der Waals surface area contributed by atoms with E-state index in [0.29, 0.717) is 22.5 Å². The molecule has 6 heteroatoms. The molecule has 0 aliphatic rings. The zero-order valence-corrected chi connectivity index (χ0v) is 15.3. The van der Waals surface area contributed by atoms with Crippen molar-refractivity contribution < 1.29 is 9.53 Å². The average molecular weight is 356 g/mol. The van der Waals surface area contributed by atoms with Crippen LogP contribution in [0.15, 0.2) is 35.1 Å². The number of aromatic nitrogens is 2. The second-order valence-corrected chi connectivity index (χ2v) is 7.24. The summed E-state index contributed by atoms with van der Waals surface area (Å²) in [6.45, 7) is 5.60. The Hall–Kier alpha value is -2.47. The molecule has 25 heavy (non-hydrogen) atoms. The van der Waals surface area contributed by atoms with E-state index in [1.54, 1.807) is 6.92 Å². The predicted octanol–water partition coefficient (Wildman–Crippen LogP) is 3.84. The molecule has 0 aliphatic carbocycles. The second-order valence-electron chi connectivity index (χ2n) is 6.03. The Balaban J connectivity index is 1.70. The predicted molar refractivity (Wildman–Crippen MR) is 99.0 cm³/mol. The molecule has 130 valence electrons. The van der Waals surface area contributed by atoms with Crippen molar-refractivity contribution in [1.82, 2.24) is 9.97 Å². The second kappa shape index (κ2) is 7.19. The van der Waals surface area contributed by atoms with Crippen LogP contribution in [0.1, 0.15) is 41.3 Å². The van der Waals surface area contributed by atoms with Crippen LogP contribution in [-0.4, -0.2) is 15.9 Å². The van der Waals surface area contributed by atoms with Crippen molar-refractivity contribution >= 4 is 27.5 Å². The van der Waals surface area contributed by atoms with Crippen molar-refractivity contribution in [1.29, 1.82) is 0 Å². The molecule has 0 bridgehead atoms. The van der Waals surface area contributed by atoms with Gasteiger partial charge in [0.15, 0.2) is 11.9 Å². The highest BCUT2D eigenvalue weighted by atomic mass is 32.1. The van der Waals surface area contributed by atoms with Crippen LogP contribution in [0, 0.1) is 13.8 Å². The summed E-state index contributed by atoms with van der Waals surface area (Å²) in [4.78, 5) is 33.3. The normalized spacial score (nSPS) is 12.3. The summed E-state index contributed by atoms with van der Waals surface area (Å²) in [5, 5.41) is 0.619. The van der Waals surface area contributed by atoms with E-state index in [-0.39, 0.29) is 17.9 Å². The quantitative estimate of drug-likeness (QED) is 0.705. The van der Waals surface area contributed by atoms with Gasteiger partial charge in [-0.25, -0.2) is 4.98 Å². The molecule has 2 aromatic heterocycles. The maximum Gasteiger partial charge on any atom is 0.306 e. The summed E-state index contributed by atoms with van der Waals surface area (Å²) in [7, 11) is 0. The third-order valence-corrected chi connectivity index (χ3v) is 5.31. The number of aromatic amines is 1. The van der Waals surface area contributed by atoms with E-state index in [0.717, 1.165) is 16.0 Å². The highest BCUT2D eigenvalue weighted by molar-refractivity contribution is 7.18. The van der Waals surface area contributed by atoms with Gasteiger partial charge in [0.2, 0.25) is 0 Å². The molecular formula is C19H20N2O3S. The number of H-pyrrole nitrogens is 1. The molecule has 0 saturated heterocycles. The van der Waals surface area contributed by atoms with Gasteiger partial charge in [0.1, 0.15) is 4.83 Å². The summed E-state index contributed by atoms with van der Waals surface area (Å²) in [5.74, 6) is 0.0736. The number of fused-ring (bicyclic) bond motifs is 1. The SMILES string of the molecule is Cc1sc2nc([C@@H](C)OC(=O)CCc3ccccc3)[nH]c(=O)c2c1C. The summed E-state index contributed by atoms with van der Waals surface area (Å²) in [5.41, 5.74) is 1.85. The van der Waals surface area contributed by atoms with Crippen LogP contribution in [0.4, 0.5) is 0 Å². The molecule has 0 spiro atoms. The van der Waals surface area contributed by atoms with Crippen molar-refractivity contribution in [3.05, 3.63) is 62.5 Å². The number of thiophene rings is 1. The zero-order chi connectivity index (χ0) is 18.0. The Bertz CT molecular complexity index is 960. The molecule has 5 nitrogen and oxygen atoms in total. The largest absolute Gasteiger partial charge is 0.454 e. The molecule has 1 aromatic carbocycles. The van der Waals surface area contributed by atoms with Crippen LogP contribution in [0.5, 0.6) is 0 Å². The monoisotopic (exact) mass is 356 g/mol. The number of esters is 1. The fourth-order valence-corrected chi connectivity index (χ4v) is 3.70. The number of carbonyl (C=O) groups excluding carboxylic acids is 1. The minimum atomic E-state index is -0.594. The molecule has 0 saturated carbocycles. The van der Waals surface area contributed by atoms with Gasteiger partial charge in [-0.2, -0.15) is 0 Å². The van der Waals surface area contributed by atoms with Gasteiger partial charge in [-0.1, -0.05) is 30.3 Å². The standard InChI is InChI=1S/C19H20N2O3S/c1-11-13(3)25-19-16(11)18(23)20-17(21-19)12(2)24-15(22)10-9-14-7-5-4-6-8-14/h4-8,12H,9-10H2,1-3H3,(H,20,21,23)/t12-/m1/s1. The molecular weight excluding hydrogens is 336 g/mol.